The van der Waals surface area contributed by atoms with Crippen LogP contribution in [0.2, 0.25) is 0 Å². The number of rotatable bonds is 5. The van der Waals surface area contributed by atoms with Crippen LogP contribution in [0.5, 0.6) is 0 Å². The van der Waals surface area contributed by atoms with E-state index in [2.05, 4.69) is 121 Å². The van der Waals surface area contributed by atoms with Crippen LogP contribution in [0.3, 0.4) is 0 Å². The van der Waals surface area contributed by atoms with Gasteiger partial charge in [0.1, 0.15) is 0 Å². The molecule has 0 radical (unpaired) electrons. The molecule has 3 heteroatoms. The van der Waals surface area contributed by atoms with Crippen molar-refractivity contribution in [1.29, 1.82) is 0 Å². The van der Waals surface area contributed by atoms with E-state index < -0.39 is 0 Å². The topological polar surface area (TPSA) is 0 Å². The first-order valence-corrected chi connectivity index (χ1v) is 20.1. The Morgan fingerprint density at radius 1 is 0.524 bits per heavy atom. The van der Waals surface area contributed by atoms with Gasteiger partial charge in [-0.1, -0.05) is 147 Å². The van der Waals surface area contributed by atoms with E-state index in [1.165, 1.54) is 103 Å². The Balaban J connectivity index is 0.000000332. The van der Waals surface area contributed by atoms with Crippen LogP contribution < -0.4 is 0 Å². The second kappa shape index (κ2) is 21.6. The van der Waals surface area contributed by atoms with E-state index in [0.29, 0.717) is 17.8 Å². The molecule has 0 atom stereocenters. The van der Waals surface area contributed by atoms with Crippen LogP contribution >= 0.6 is 19.1 Å². The minimum absolute atomic E-state index is 0.106. The molecule has 0 nitrogen and oxygen atoms in total. The van der Waals surface area contributed by atoms with Gasteiger partial charge in [0.2, 0.25) is 0 Å². The Morgan fingerprint density at radius 3 is 1.07 bits per heavy atom. The summed E-state index contributed by atoms with van der Waals surface area (Å²) in [6.07, 6.45) is 19.0. The predicted molar refractivity (Wildman–Crippen MR) is 186 cm³/mol. The fourth-order valence-electron chi connectivity index (χ4n) is 5.89. The Bertz CT molecular complexity index is 993. The fourth-order valence-corrected chi connectivity index (χ4v) is 5.89. The van der Waals surface area contributed by atoms with Gasteiger partial charge in [-0.3, -0.25) is 0 Å². The van der Waals surface area contributed by atoms with Crippen LogP contribution in [-0.2, 0) is 15.9 Å². The third kappa shape index (κ3) is 12.5. The normalized spacial score (nSPS) is 14.8. The summed E-state index contributed by atoms with van der Waals surface area (Å²) in [4.78, 5) is 0. The maximum atomic E-state index is 4.81. The SMILES string of the molecule is CC(C)c1cc(C(C)C)c(-c2ccccc2)c(C(C)C)c1-c1ccccc1.[CH-]1CCCCC1.[CH-]1CCCCC1.[Cl][Pd][Cl]. The molecule has 42 heavy (non-hydrogen) atoms. The van der Waals surface area contributed by atoms with Gasteiger partial charge in [-0.05, 0) is 56.7 Å². The third-order valence-electron chi connectivity index (χ3n) is 8.01. The number of hydrogen-bond donors (Lipinski definition) is 0. The van der Waals surface area contributed by atoms with Crippen LogP contribution in [0.1, 0.15) is 140 Å². The maximum absolute atomic E-state index is 4.81. The first kappa shape index (κ1) is 37.1. The van der Waals surface area contributed by atoms with Gasteiger partial charge in [-0.15, -0.1) is 0 Å². The second-order valence-electron chi connectivity index (χ2n) is 12.3. The summed E-state index contributed by atoms with van der Waals surface area (Å²) in [5.41, 5.74) is 9.95. The summed E-state index contributed by atoms with van der Waals surface area (Å²) in [6, 6.07) is 24.4. The average molecular weight is 700 g/mol. The van der Waals surface area contributed by atoms with E-state index in [9.17, 15) is 0 Å². The monoisotopic (exact) mass is 698 g/mol. The number of benzene rings is 3. The van der Waals surface area contributed by atoms with Crippen molar-refractivity contribution in [3.63, 3.8) is 0 Å². The molecule has 236 valence electrons. The van der Waals surface area contributed by atoms with Crippen molar-refractivity contribution in [2.75, 3.05) is 0 Å². The van der Waals surface area contributed by atoms with Crippen LogP contribution in [0.15, 0.2) is 66.7 Å². The Hall–Kier alpha value is -1.10. The summed E-state index contributed by atoms with van der Waals surface area (Å²) >= 11 is -0.106. The van der Waals surface area contributed by atoms with Gasteiger partial charge in [0.05, 0.1) is 0 Å². The van der Waals surface area contributed by atoms with E-state index in [4.69, 9.17) is 19.1 Å². The van der Waals surface area contributed by atoms with Crippen molar-refractivity contribution in [2.24, 2.45) is 0 Å². The second-order valence-corrected chi connectivity index (χ2v) is 14.7. The average Bonchev–Trinajstić information content (AvgIpc) is 3.03. The Morgan fingerprint density at radius 2 is 0.857 bits per heavy atom. The van der Waals surface area contributed by atoms with Crippen molar-refractivity contribution in [2.45, 2.75) is 124 Å². The van der Waals surface area contributed by atoms with E-state index >= 15 is 0 Å². The van der Waals surface area contributed by atoms with Gasteiger partial charge >= 0.3 is 35.0 Å². The molecule has 3 aromatic rings. The molecule has 0 saturated heterocycles. The molecule has 2 aliphatic rings. The van der Waals surface area contributed by atoms with Crippen LogP contribution in [0.4, 0.5) is 0 Å². The van der Waals surface area contributed by atoms with Gasteiger partial charge < -0.3 is 12.8 Å². The summed E-state index contributed by atoms with van der Waals surface area (Å²) in [5, 5.41) is 0. The van der Waals surface area contributed by atoms with Crippen molar-refractivity contribution in [1.82, 2.24) is 0 Å². The van der Waals surface area contributed by atoms with E-state index in [1.807, 2.05) is 0 Å². The zero-order valence-corrected chi connectivity index (χ0v) is 29.9. The van der Waals surface area contributed by atoms with Crippen molar-refractivity contribution in [3.05, 3.63) is 96.3 Å². The fraction of sp³-hybridized carbons (Fsp3) is 0.487. The van der Waals surface area contributed by atoms with Crippen LogP contribution in [-0.4, -0.2) is 0 Å². The van der Waals surface area contributed by atoms with Crippen molar-refractivity contribution in [3.8, 4) is 22.3 Å². The molecular formula is C39H54Cl2Pd-2. The Labute approximate surface area is 275 Å². The summed E-state index contributed by atoms with van der Waals surface area (Å²) in [5.74, 6) is 1.42. The molecule has 0 bridgehead atoms. The minimum atomic E-state index is -0.106. The standard InChI is InChI=1S/C27H32.2C6H11.2ClH.Pd/c1-18(2)23-17-24(19(3)4)27(22-15-11-8-12-16-22)25(20(5)6)26(23)21-13-9-7-10-14-21;2*1-2-4-6-5-3-1;;;/h7-20H,1-6H3;2*1H,2-6H2;2*1H;/q;2*-1;;;+2/p-2. The molecule has 3 aromatic carbocycles. The molecule has 0 unspecified atom stereocenters. The molecule has 0 heterocycles. The molecule has 0 amide bonds. The molecule has 0 spiro atoms. The molecule has 5 rings (SSSR count). The van der Waals surface area contributed by atoms with Crippen LogP contribution in [0, 0.1) is 12.8 Å². The number of halogens is 2. The zero-order chi connectivity index (χ0) is 30.7. The molecular weight excluding hydrogens is 646 g/mol. The quantitative estimate of drug-likeness (QED) is 0.184. The predicted octanol–water partition coefficient (Wildman–Crippen LogP) is 14.1. The molecule has 2 saturated carbocycles. The summed E-state index contributed by atoms with van der Waals surface area (Å²) in [6.45, 7) is 13.9. The van der Waals surface area contributed by atoms with E-state index in [1.54, 1.807) is 0 Å². The summed E-state index contributed by atoms with van der Waals surface area (Å²) in [7, 11) is 9.63. The first-order valence-electron chi connectivity index (χ1n) is 16.1. The van der Waals surface area contributed by atoms with E-state index in [-0.39, 0.29) is 15.9 Å². The van der Waals surface area contributed by atoms with Gasteiger partial charge in [0, 0.05) is 0 Å². The summed E-state index contributed by atoms with van der Waals surface area (Å²) < 4.78 is 0. The number of hydrogen-bond acceptors (Lipinski definition) is 0. The van der Waals surface area contributed by atoms with Gasteiger partial charge in [0.25, 0.3) is 0 Å². The van der Waals surface area contributed by atoms with E-state index in [0.717, 1.165) is 0 Å². The Kier molecular flexibility index (Phi) is 19.1. The zero-order valence-electron chi connectivity index (χ0n) is 26.9. The molecule has 0 aliphatic heterocycles. The van der Waals surface area contributed by atoms with Crippen LogP contribution in [0.25, 0.3) is 22.3 Å². The van der Waals surface area contributed by atoms with Crippen molar-refractivity contribution < 1.29 is 15.9 Å². The molecule has 2 fully saturated rings. The molecule has 0 N–H and O–H groups in total. The molecule has 2 aliphatic carbocycles. The third-order valence-corrected chi connectivity index (χ3v) is 8.01. The first-order chi connectivity index (χ1) is 20.3. The molecule has 0 aromatic heterocycles. The van der Waals surface area contributed by atoms with Crippen molar-refractivity contribution >= 4 is 19.1 Å². The van der Waals surface area contributed by atoms with Gasteiger partial charge in [-0.25, -0.2) is 0 Å². The van der Waals surface area contributed by atoms with Gasteiger partial charge in [-0.2, -0.15) is 25.7 Å². The van der Waals surface area contributed by atoms with Gasteiger partial charge in [0.15, 0.2) is 0 Å².